The molecular formula is C10H9BrN2O. The summed E-state index contributed by atoms with van der Waals surface area (Å²) < 4.78 is 0.997. The minimum atomic E-state index is -0.169. The van der Waals surface area contributed by atoms with Crippen molar-refractivity contribution in [1.29, 1.82) is 0 Å². The van der Waals surface area contributed by atoms with Gasteiger partial charge in [-0.15, -0.1) is 0 Å². The molecule has 0 spiro atoms. The predicted molar refractivity (Wildman–Crippen MR) is 59.3 cm³/mol. The molecule has 0 atom stereocenters. The summed E-state index contributed by atoms with van der Waals surface area (Å²) in [5.74, 6) is 0. The molecule has 0 fully saturated rings. The molecule has 0 bridgehead atoms. The smallest absolute Gasteiger partial charge is 0.310 e. The zero-order chi connectivity index (χ0) is 10.1. The van der Waals surface area contributed by atoms with Crippen LogP contribution in [0.1, 0.15) is 5.69 Å². The number of benzene rings is 1. The van der Waals surface area contributed by atoms with Crippen LogP contribution in [0.4, 0.5) is 0 Å². The van der Waals surface area contributed by atoms with Crippen LogP contribution in [0.3, 0.4) is 0 Å². The van der Waals surface area contributed by atoms with Crippen molar-refractivity contribution in [3.05, 3.63) is 44.9 Å². The average Bonchev–Trinajstić information content (AvgIpc) is 2.45. The zero-order valence-corrected chi connectivity index (χ0v) is 9.18. The molecule has 0 aliphatic carbocycles. The van der Waals surface area contributed by atoms with Gasteiger partial charge in [-0.2, -0.15) is 0 Å². The number of halogens is 1. The molecule has 0 unspecified atom stereocenters. The number of rotatable bonds is 1. The van der Waals surface area contributed by atoms with Gasteiger partial charge < -0.3 is 9.97 Å². The Kier molecular flexibility index (Phi) is 2.29. The van der Waals surface area contributed by atoms with Crippen molar-refractivity contribution in [3.63, 3.8) is 0 Å². The molecule has 3 nitrogen and oxygen atoms in total. The number of aromatic nitrogens is 2. The molecule has 14 heavy (non-hydrogen) atoms. The summed E-state index contributed by atoms with van der Waals surface area (Å²) >= 11 is 3.39. The summed E-state index contributed by atoms with van der Waals surface area (Å²) in [5.41, 5.74) is 2.53. The lowest BCUT2D eigenvalue weighted by Gasteiger charge is -1.99. The molecule has 4 heteroatoms. The minimum Gasteiger partial charge on any atom is -0.310 e. The number of H-pyrrole nitrogens is 2. The van der Waals surface area contributed by atoms with Gasteiger partial charge in [0, 0.05) is 15.7 Å². The van der Waals surface area contributed by atoms with E-state index in [2.05, 4.69) is 25.9 Å². The third kappa shape index (κ3) is 1.65. The van der Waals surface area contributed by atoms with Crippen molar-refractivity contribution in [2.75, 3.05) is 0 Å². The first kappa shape index (κ1) is 9.27. The highest BCUT2D eigenvalue weighted by molar-refractivity contribution is 9.10. The van der Waals surface area contributed by atoms with E-state index in [4.69, 9.17) is 0 Å². The molecule has 0 radical (unpaired) electrons. The lowest BCUT2D eigenvalue weighted by molar-refractivity contribution is 1.16. The van der Waals surface area contributed by atoms with E-state index in [1.165, 1.54) is 0 Å². The second-order valence-corrected chi connectivity index (χ2v) is 4.01. The number of aryl methyl sites for hydroxylation is 1. The standard InChI is InChI=1S/C10H9BrN2O/c1-6-9(13-10(14)12-6)7-3-2-4-8(11)5-7/h2-5H,1H3,(H2,12,13,14). The quantitative estimate of drug-likeness (QED) is 0.805. The van der Waals surface area contributed by atoms with Crippen molar-refractivity contribution >= 4 is 15.9 Å². The van der Waals surface area contributed by atoms with Crippen LogP contribution in [0.2, 0.25) is 0 Å². The number of hydrogen-bond donors (Lipinski definition) is 2. The Morgan fingerprint density at radius 1 is 1.29 bits per heavy atom. The molecule has 2 N–H and O–H groups in total. The molecule has 72 valence electrons. The second-order valence-electron chi connectivity index (χ2n) is 3.09. The summed E-state index contributed by atoms with van der Waals surface area (Å²) in [5, 5.41) is 0. The monoisotopic (exact) mass is 252 g/mol. The summed E-state index contributed by atoms with van der Waals surface area (Å²) in [6.07, 6.45) is 0. The summed E-state index contributed by atoms with van der Waals surface area (Å²) in [4.78, 5) is 16.5. The van der Waals surface area contributed by atoms with Crippen molar-refractivity contribution in [3.8, 4) is 11.3 Å². The highest BCUT2D eigenvalue weighted by atomic mass is 79.9. The summed E-state index contributed by atoms with van der Waals surface area (Å²) in [6, 6.07) is 7.80. The Balaban J connectivity index is 2.59. The van der Waals surface area contributed by atoms with E-state index in [1.54, 1.807) is 0 Å². The fourth-order valence-corrected chi connectivity index (χ4v) is 1.80. The third-order valence-electron chi connectivity index (χ3n) is 2.03. The zero-order valence-electron chi connectivity index (χ0n) is 7.60. The molecule has 1 heterocycles. The number of imidazole rings is 1. The molecular weight excluding hydrogens is 244 g/mol. The van der Waals surface area contributed by atoms with Gasteiger partial charge in [-0.1, -0.05) is 28.1 Å². The molecule has 0 aliphatic heterocycles. The SMILES string of the molecule is Cc1[nH]c(=O)[nH]c1-c1cccc(Br)c1. The van der Waals surface area contributed by atoms with Crippen LogP contribution in [0, 0.1) is 6.92 Å². The third-order valence-corrected chi connectivity index (χ3v) is 2.52. The van der Waals surface area contributed by atoms with Gasteiger partial charge in [0.15, 0.2) is 0 Å². The topological polar surface area (TPSA) is 48.6 Å². The van der Waals surface area contributed by atoms with Gasteiger partial charge in [0.25, 0.3) is 0 Å². The van der Waals surface area contributed by atoms with Gasteiger partial charge in [-0.25, -0.2) is 4.79 Å². The van der Waals surface area contributed by atoms with E-state index in [0.29, 0.717) is 0 Å². The van der Waals surface area contributed by atoms with Gasteiger partial charge in [-0.3, -0.25) is 0 Å². The Morgan fingerprint density at radius 3 is 2.64 bits per heavy atom. The number of hydrogen-bond acceptors (Lipinski definition) is 1. The Morgan fingerprint density at radius 2 is 2.07 bits per heavy atom. The first-order chi connectivity index (χ1) is 6.66. The van der Waals surface area contributed by atoms with Crippen molar-refractivity contribution < 1.29 is 0 Å². The maximum absolute atomic E-state index is 11.0. The Labute approximate surface area is 89.3 Å². The molecule has 0 saturated heterocycles. The van der Waals surface area contributed by atoms with Crippen molar-refractivity contribution in [2.24, 2.45) is 0 Å². The number of nitrogens with one attached hydrogen (secondary N) is 2. The fraction of sp³-hybridized carbons (Fsp3) is 0.100. The maximum Gasteiger partial charge on any atom is 0.323 e. The largest absolute Gasteiger partial charge is 0.323 e. The normalized spacial score (nSPS) is 10.4. The van der Waals surface area contributed by atoms with Crippen molar-refractivity contribution in [2.45, 2.75) is 6.92 Å². The highest BCUT2D eigenvalue weighted by Crippen LogP contribution is 2.21. The van der Waals surface area contributed by atoms with E-state index >= 15 is 0 Å². The van der Waals surface area contributed by atoms with Gasteiger partial charge in [-0.05, 0) is 19.1 Å². The van der Waals surface area contributed by atoms with Gasteiger partial charge in [0.2, 0.25) is 0 Å². The van der Waals surface area contributed by atoms with Gasteiger partial charge in [0.1, 0.15) is 0 Å². The number of aromatic amines is 2. The van der Waals surface area contributed by atoms with E-state index in [0.717, 1.165) is 21.4 Å². The molecule has 1 aromatic carbocycles. The van der Waals surface area contributed by atoms with Crippen LogP contribution in [-0.2, 0) is 0 Å². The average molecular weight is 253 g/mol. The van der Waals surface area contributed by atoms with Crippen LogP contribution in [0.5, 0.6) is 0 Å². The molecule has 0 aliphatic rings. The van der Waals surface area contributed by atoms with E-state index in [9.17, 15) is 4.79 Å². The van der Waals surface area contributed by atoms with Gasteiger partial charge >= 0.3 is 5.69 Å². The molecule has 1 aromatic heterocycles. The van der Waals surface area contributed by atoms with E-state index in [-0.39, 0.29) is 5.69 Å². The summed E-state index contributed by atoms with van der Waals surface area (Å²) in [7, 11) is 0. The molecule has 2 aromatic rings. The lowest BCUT2D eigenvalue weighted by atomic mass is 10.1. The Hall–Kier alpha value is -1.29. The van der Waals surface area contributed by atoms with E-state index in [1.807, 2.05) is 31.2 Å². The lowest BCUT2D eigenvalue weighted by Crippen LogP contribution is -2.00. The minimum absolute atomic E-state index is 0.169. The summed E-state index contributed by atoms with van der Waals surface area (Å²) in [6.45, 7) is 1.87. The molecule has 2 rings (SSSR count). The van der Waals surface area contributed by atoms with Crippen LogP contribution >= 0.6 is 15.9 Å². The predicted octanol–water partition coefficient (Wildman–Crippen LogP) is 2.44. The van der Waals surface area contributed by atoms with Crippen LogP contribution in [0.25, 0.3) is 11.3 Å². The second kappa shape index (κ2) is 3.46. The molecule has 0 saturated carbocycles. The first-order valence-corrected chi connectivity index (χ1v) is 5.01. The fourth-order valence-electron chi connectivity index (χ4n) is 1.40. The van der Waals surface area contributed by atoms with Crippen LogP contribution in [-0.4, -0.2) is 9.97 Å². The Bertz CT molecular complexity index is 513. The van der Waals surface area contributed by atoms with Crippen LogP contribution < -0.4 is 5.69 Å². The first-order valence-electron chi connectivity index (χ1n) is 4.21. The van der Waals surface area contributed by atoms with Gasteiger partial charge in [0.05, 0.1) is 5.69 Å². The highest BCUT2D eigenvalue weighted by Gasteiger charge is 2.04. The van der Waals surface area contributed by atoms with Crippen molar-refractivity contribution in [1.82, 2.24) is 9.97 Å². The van der Waals surface area contributed by atoms with E-state index < -0.39 is 0 Å². The molecule has 0 amide bonds. The maximum atomic E-state index is 11.0. The van der Waals surface area contributed by atoms with Crippen LogP contribution in [0.15, 0.2) is 33.5 Å².